The zero-order valence-electron chi connectivity index (χ0n) is 9.71. The highest BCUT2D eigenvalue weighted by Crippen LogP contribution is 2.30. The molecule has 1 heterocycles. The number of thioether (sulfide) groups is 1. The molecule has 1 aliphatic carbocycles. The molecule has 1 saturated heterocycles. The molecule has 2 nitrogen and oxygen atoms in total. The number of ether oxygens (including phenoxy) is 1. The van der Waals surface area contributed by atoms with Crippen LogP contribution in [-0.4, -0.2) is 36.3 Å². The topological polar surface area (TPSA) is 21.3 Å². The Morgan fingerprint density at radius 1 is 1.20 bits per heavy atom. The van der Waals surface area contributed by atoms with Gasteiger partial charge in [-0.2, -0.15) is 11.8 Å². The van der Waals surface area contributed by atoms with Gasteiger partial charge < -0.3 is 10.1 Å². The van der Waals surface area contributed by atoms with Gasteiger partial charge in [-0.1, -0.05) is 13.3 Å². The van der Waals surface area contributed by atoms with Crippen LogP contribution in [0.4, 0.5) is 0 Å². The fraction of sp³-hybridized carbons (Fsp3) is 1.00. The Morgan fingerprint density at radius 3 is 2.73 bits per heavy atom. The number of nitrogens with one attached hydrogen (secondary N) is 1. The van der Waals surface area contributed by atoms with E-state index in [-0.39, 0.29) is 0 Å². The minimum atomic E-state index is 0.724. The van der Waals surface area contributed by atoms with Gasteiger partial charge >= 0.3 is 0 Å². The van der Waals surface area contributed by atoms with Crippen molar-refractivity contribution in [3.63, 3.8) is 0 Å². The van der Waals surface area contributed by atoms with Gasteiger partial charge in [0.05, 0.1) is 0 Å². The van der Waals surface area contributed by atoms with Crippen molar-refractivity contribution in [3.8, 4) is 0 Å². The normalized spacial score (nSPS) is 33.4. The summed E-state index contributed by atoms with van der Waals surface area (Å²) in [7, 11) is 0. The Bertz CT molecular complexity index is 182. The molecule has 0 spiro atoms. The number of hydrogen-bond acceptors (Lipinski definition) is 3. The molecule has 2 aliphatic rings. The van der Waals surface area contributed by atoms with Gasteiger partial charge in [0.1, 0.15) is 0 Å². The molecule has 1 saturated carbocycles. The molecular formula is C12H23NOS. The fourth-order valence-corrected chi connectivity index (χ4v) is 3.91. The van der Waals surface area contributed by atoms with Crippen molar-refractivity contribution in [1.29, 1.82) is 0 Å². The highest BCUT2D eigenvalue weighted by Gasteiger charge is 2.29. The van der Waals surface area contributed by atoms with Crippen LogP contribution < -0.4 is 5.32 Å². The predicted octanol–water partition coefficient (Wildman–Crippen LogP) is 2.43. The third kappa shape index (κ3) is 3.36. The van der Waals surface area contributed by atoms with Crippen LogP contribution in [-0.2, 0) is 4.74 Å². The lowest BCUT2D eigenvalue weighted by atomic mass is 10.1. The molecule has 2 fully saturated rings. The van der Waals surface area contributed by atoms with Crippen LogP contribution in [0.1, 0.15) is 39.0 Å². The molecule has 2 atom stereocenters. The van der Waals surface area contributed by atoms with Gasteiger partial charge in [-0.25, -0.2) is 0 Å². The minimum Gasteiger partial charge on any atom is -0.381 e. The molecule has 3 heteroatoms. The second-order valence-corrected chi connectivity index (χ2v) is 6.10. The van der Waals surface area contributed by atoms with Crippen LogP contribution in [0.25, 0.3) is 0 Å². The summed E-state index contributed by atoms with van der Waals surface area (Å²) in [5.74, 6) is 1.26. The number of hydrogen-bond donors (Lipinski definition) is 1. The molecule has 88 valence electrons. The van der Waals surface area contributed by atoms with Gasteiger partial charge in [0.2, 0.25) is 0 Å². The maximum absolute atomic E-state index is 5.39. The molecule has 0 bridgehead atoms. The molecule has 1 aliphatic heterocycles. The van der Waals surface area contributed by atoms with E-state index in [0.29, 0.717) is 0 Å². The van der Waals surface area contributed by atoms with Crippen molar-refractivity contribution in [2.45, 2.75) is 56.4 Å². The summed E-state index contributed by atoms with van der Waals surface area (Å²) in [4.78, 5) is 0. The van der Waals surface area contributed by atoms with Crippen LogP contribution in [0.15, 0.2) is 0 Å². The first-order valence-electron chi connectivity index (χ1n) is 6.35. The van der Waals surface area contributed by atoms with E-state index in [1.807, 2.05) is 0 Å². The summed E-state index contributed by atoms with van der Waals surface area (Å²) in [5, 5.41) is 4.72. The molecule has 1 N–H and O–H groups in total. The Morgan fingerprint density at radius 2 is 2.00 bits per heavy atom. The van der Waals surface area contributed by atoms with Crippen molar-refractivity contribution >= 4 is 11.8 Å². The molecule has 0 radical (unpaired) electrons. The van der Waals surface area contributed by atoms with Crippen LogP contribution in [0, 0.1) is 0 Å². The third-order valence-corrected chi connectivity index (χ3v) is 4.83. The van der Waals surface area contributed by atoms with E-state index >= 15 is 0 Å². The van der Waals surface area contributed by atoms with Gasteiger partial charge in [0.15, 0.2) is 0 Å². The Balaban J connectivity index is 1.76. The average molecular weight is 229 g/mol. The highest BCUT2D eigenvalue weighted by atomic mass is 32.2. The molecule has 0 aromatic rings. The molecule has 2 rings (SSSR count). The smallest absolute Gasteiger partial charge is 0.0480 e. The molecule has 0 amide bonds. The third-order valence-electron chi connectivity index (χ3n) is 3.50. The lowest BCUT2D eigenvalue weighted by Gasteiger charge is -2.29. The SMILES string of the molecule is CCSC1CCCC1NC1CCOCC1. The maximum atomic E-state index is 5.39. The zero-order chi connectivity index (χ0) is 10.5. The van der Waals surface area contributed by atoms with E-state index in [1.165, 1.54) is 37.9 Å². The lowest BCUT2D eigenvalue weighted by Crippen LogP contribution is -2.44. The fourth-order valence-electron chi connectivity index (χ4n) is 2.70. The van der Waals surface area contributed by atoms with Crippen molar-refractivity contribution in [1.82, 2.24) is 5.32 Å². The monoisotopic (exact) mass is 229 g/mol. The second kappa shape index (κ2) is 6.12. The van der Waals surface area contributed by atoms with Crippen LogP contribution in [0.3, 0.4) is 0 Å². The van der Waals surface area contributed by atoms with Gasteiger partial charge in [-0.05, 0) is 31.4 Å². The lowest BCUT2D eigenvalue weighted by molar-refractivity contribution is 0.0752. The standard InChI is InChI=1S/C12H23NOS/c1-2-15-12-5-3-4-11(12)13-10-6-8-14-9-7-10/h10-13H,2-9H2,1H3. The van der Waals surface area contributed by atoms with Crippen molar-refractivity contribution < 1.29 is 4.74 Å². The Kier molecular flexibility index (Phi) is 4.79. The molecule has 0 aromatic heterocycles. The van der Waals surface area contributed by atoms with E-state index in [0.717, 1.165) is 30.5 Å². The zero-order valence-corrected chi connectivity index (χ0v) is 10.5. The summed E-state index contributed by atoms with van der Waals surface area (Å²) >= 11 is 2.14. The quantitative estimate of drug-likeness (QED) is 0.800. The summed E-state index contributed by atoms with van der Waals surface area (Å²) in [6.45, 7) is 4.18. The Hall–Kier alpha value is 0.270. The number of rotatable bonds is 4. The van der Waals surface area contributed by atoms with Crippen LogP contribution >= 0.6 is 11.8 Å². The predicted molar refractivity (Wildman–Crippen MR) is 66.5 cm³/mol. The molecular weight excluding hydrogens is 206 g/mol. The van der Waals surface area contributed by atoms with Gasteiger partial charge in [-0.3, -0.25) is 0 Å². The van der Waals surface area contributed by atoms with E-state index in [4.69, 9.17) is 4.74 Å². The van der Waals surface area contributed by atoms with E-state index < -0.39 is 0 Å². The minimum absolute atomic E-state index is 0.724. The second-order valence-electron chi connectivity index (χ2n) is 4.58. The van der Waals surface area contributed by atoms with Crippen molar-refractivity contribution in [2.75, 3.05) is 19.0 Å². The summed E-state index contributed by atoms with van der Waals surface area (Å²) in [6.07, 6.45) is 6.63. The van der Waals surface area contributed by atoms with Crippen molar-refractivity contribution in [3.05, 3.63) is 0 Å². The van der Waals surface area contributed by atoms with E-state index in [1.54, 1.807) is 0 Å². The maximum Gasteiger partial charge on any atom is 0.0480 e. The van der Waals surface area contributed by atoms with Gasteiger partial charge in [0, 0.05) is 30.5 Å². The van der Waals surface area contributed by atoms with E-state index in [9.17, 15) is 0 Å². The first-order valence-corrected chi connectivity index (χ1v) is 7.40. The van der Waals surface area contributed by atoms with Crippen LogP contribution in [0.2, 0.25) is 0 Å². The first-order chi connectivity index (χ1) is 7.40. The summed E-state index contributed by atoms with van der Waals surface area (Å²) in [5.41, 5.74) is 0. The largest absolute Gasteiger partial charge is 0.381 e. The summed E-state index contributed by atoms with van der Waals surface area (Å²) < 4.78 is 5.39. The highest BCUT2D eigenvalue weighted by molar-refractivity contribution is 7.99. The van der Waals surface area contributed by atoms with E-state index in [2.05, 4.69) is 24.0 Å². The van der Waals surface area contributed by atoms with Gasteiger partial charge in [0.25, 0.3) is 0 Å². The van der Waals surface area contributed by atoms with Crippen molar-refractivity contribution in [2.24, 2.45) is 0 Å². The average Bonchev–Trinajstić information content (AvgIpc) is 2.68. The summed E-state index contributed by atoms with van der Waals surface area (Å²) in [6, 6.07) is 1.50. The van der Waals surface area contributed by atoms with Gasteiger partial charge in [-0.15, -0.1) is 0 Å². The first kappa shape index (κ1) is 11.7. The van der Waals surface area contributed by atoms with Crippen LogP contribution in [0.5, 0.6) is 0 Å². The molecule has 2 unspecified atom stereocenters. The molecule has 15 heavy (non-hydrogen) atoms. The molecule has 0 aromatic carbocycles. The Labute approximate surface area is 97.5 Å².